The monoisotopic (exact) mass is 217 g/mol. The van der Waals surface area contributed by atoms with Gasteiger partial charge >= 0.3 is 0 Å². The van der Waals surface area contributed by atoms with Gasteiger partial charge in [-0.15, -0.1) is 0 Å². The summed E-state index contributed by atoms with van der Waals surface area (Å²) in [7, 11) is 0. The zero-order valence-electron chi connectivity index (χ0n) is 10.9. The summed E-state index contributed by atoms with van der Waals surface area (Å²) < 4.78 is 0. The molecule has 88 valence electrons. The fraction of sp³-hybridized carbons (Fsp3) is 0.600. The summed E-state index contributed by atoms with van der Waals surface area (Å²) in [5.74, 6) is 0.820. The van der Waals surface area contributed by atoms with Crippen LogP contribution < -0.4 is 5.32 Å². The molecule has 16 heavy (non-hydrogen) atoms. The van der Waals surface area contributed by atoms with E-state index in [9.17, 15) is 0 Å². The van der Waals surface area contributed by atoms with Crippen LogP contribution in [0.2, 0.25) is 0 Å². The van der Waals surface area contributed by atoms with Gasteiger partial charge in [0.05, 0.1) is 0 Å². The van der Waals surface area contributed by atoms with E-state index in [4.69, 9.17) is 0 Å². The summed E-state index contributed by atoms with van der Waals surface area (Å²) in [6, 6.07) is 5.22. The van der Waals surface area contributed by atoms with Crippen LogP contribution in [0.5, 0.6) is 0 Å². The Morgan fingerprint density at radius 1 is 1.19 bits per heavy atom. The predicted molar refractivity (Wildman–Crippen MR) is 69.8 cm³/mol. The lowest BCUT2D eigenvalue weighted by Crippen LogP contribution is -2.20. The van der Waals surface area contributed by atoms with Crippen LogP contribution in [0.4, 0.5) is 0 Å². The summed E-state index contributed by atoms with van der Waals surface area (Å²) in [5.41, 5.74) is 5.84. The molecule has 1 aromatic carbocycles. The van der Waals surface area contributed by atoms with E-state index in [1.165, 1.54) is 36.1 Å². The van der Waals surface area contributed by atoms with Crippen molar-refractivity contribution in [1.82, 2.24) is 5.32 Å². The maximum atomic E-state index is 3.68. The molecule has 0 spiro atoms. The number of hydrogen-bond acceptors (Lipinski definition) is 1. The fourth-order valence-electron chi connectivity index (χ4n) is 3.22. The highest BCUT2D eigenvalue weighted by atomic mass is 15.0. The number of benzene rings is 1. The van der Waals surface area contributed by atoms with Crippen molar-refractivity contribution in [3.05, 3.63) is 34.4 Å². The van der Waals surface area contributed by atoms with Crippen LogP contribution in [0, 0.1) is 26.7 Å². The Morgan fingerprint density at radius 2 is 1.81 bits per heavy atom. The molecular formula is C15H23N. The lowest BCUT2D eigenvalue weighted by atomic mass is 9.86. The maximum absolute atomic E-state index is 3.68. The first-order valence-corrected chi connectivity index (χ1v) is 6.44. The Labute approximate surface area is 99.3 Å². The van der Waals surface area contributed by atoms with E-state index in [2.05, 4.69) is 45.1 Å². The van der Waals surface area contributed by atoms with E-state index in [-0.39, 0.29) is 0 Å². The zero-order chi connectivity index (χ0) is 11.7. The van der Waals surface area contributed by atoms with Gasteiger partial charge < -0.3 is 5.32 Å². The molecule has 0 unspecified atom stereocenters. The third-order valence-corrected chi connectivity index (χ3v) is 3.92. The van der Waals surface area contributed by atoms with E-state index in [1.54, 1.807) is 5.56 Å². The Hall–Kier alpha value is -0.820. The average molecular weight is 217 g/mol. The molecule has 0 bridgehead atoms. The molecule has 2 atom stereocenters. The van der Waals surface area contributed by atoms with Crippen molar-refractivity contribution in [2.75, 3.05) is 6.54 Å². The topological polar surface area (TPSA) is 12.0 Å². The lowest BCUT2D eigenvalue weighted by Gasteiger charge is -2.23. The van der Waals surface area contributed by atoms with Gasteiger partial charge in [0, 0.05) is 6.04 Å². The third-order valence-electron chi connectivity index (χ3n) is 3.92. The van der Waals surface area contributed by atoms with Crippen LogP contribution in [-0.2, 0) is 0 Å². The fourth-order valence-corrected chi connectivity index (χ4v) is 3.22. The average Bonchev–Trinajstić information content (AvgIpc) is 2.64. The Bertz CT molecular complexity index is 358. The Morgan fingerprint density at radius 3 is 2.38 bits per heavy atom. The van der Waals surface area contributed by atoms with E-state index >= 15 is 0 Å². The summed E-state index contributed by atoms with van der Waals surface area (Å²) in [4.78, 5) is 0. The summed E-state index contributed by atoms with van der Waals surface area (Å²) in [6.07, 6.45) is 2.61. The van der Waals surface area contributed by atoms with Crippen LogP contribution in [0.15, 0.2) is 12.1 Å². The SMILES string of the molecule is CC[C@@H]1CCN[C@H]1c1c(C)cc(C)cc1C. The van der Waals surface area contributed by atoms with Crippen molar-refractivity contribution in [2.45, 2.75) is 46.6 Å². The van der Waals surface area contributed by atoms with E-state index in [0.717, 1.165) is 5.92 Å². The van der Waals surface area contributed by atoms with Crippen molar-refractivity contribution in [3.63, 3.8) is 0 Å². The molecule has 0 radical (unpaired) electrons. The van der Waals surface area contributed by atoms with Gasteiger partial charge in [-0.2, -0.15) is 0 Å². The molecule has 0 saturated carbocycles. The number of hydrogen-bond donors (Lipinski definition) is 1. The van der Waals surface area contributed by atoms with E-state index in [0.29, 0.717) is 6.04 Å². The minimum Gasteiger partial charge on any atom is -0.310 e. The van der Waals surface area contributed by atoms with Crippen molar-refractivity contribution >= 4 is 0 Å². The highest BCUT2D eigenvalue weighted by Crippen LogP contribution is 2.35. The highest BCUT2D eigenvalue weighted by Gasteiger charge is 2.28. The van der Waals surface area contributed by atoms with Gasteiger partial charge in [-0.1, -0.05) is 31.0 Å². The normalized spacial score (nSPS) is 25.0. The number of aryl methyl sites for hydroxylation is 3. The molecular weight excluding hydrogens is 194 g/mol. The minimum absolute atomic E-state index is 0.589. The second-order valence-corrected chi connectivity index (χ2v) is 5.20. The Balaban J connectivity index is 2.39. The first-order valence-electron chi connectivity index (χ1n) is 6.44. The van der Waals surface area contributed by atoms with Crippen molar-refractivity contribution in [2.24, 2.45) is 5.92 Å². The van der Waals surface area contributed by atoms with E-state index in [1.807, 2.05) is 0 Å². The smallest absolute Gasteiger partial charge is 0.0354 e. The molecule has 2 rings (SSSR count). The van der Waals surface area contributed by atoms with Crippen molar-refractivity contribution in [1.29, 1.82) is 0 Å². The van der Waals surface area contributed by atoms with Crippen LogP contribution in [-0.4, -0.2) is 6.54 Å². The molecule has 1 aliphatic rings. The van der Waals surface area contributed by atoms with Crippen LogP contribution in [0.1, 0.15) is 48.1 Å². The minimum atomic E-state index is 0.589. The number of rotatable bonds is 2. The molecule has 0 aromatic heterocycles. The van der Waals surface area contributed by atoms with Gasteiger partial charge in [0.25, 0.3) is 0 Å². The first-order chi connectivity index (χ1) is 7.63. The molecule has 0 aliphatic carbocycles. The standard InChI is InChI=1S/C15H23N/c1-5-13-6-7-16-15(13)14-11(3)8-10(2)9-12(14)4/h8-9,13,15-16H,5-7H2,1-4H3/t13-,15-/m1/s1. The molecule has 1 saturated heterocycles. The molecule has 1 aliphatic heterocycles. The molecule has 1 N–H and O–H groups in total. The largest absolute Gasteiger partial charge is 0.310 e. The molecule has 1 heteroatoms. The second kappa shape index (κ2) is 4.58. The molecule has 0 amide bonds. The molecule has 1 aromatic rings. The Kier molecular flexibility index (Phi) is 3.34. The number of nitrogens with one attached hydrogen (secondary N) is 1. The van der Waals surface area contributed by atoms with Gasteiger partial charge in [-0.3, -0.25) is 0 Å². The molecule has 1 fully saturated rings. The first kappa shape index (κ1) is 11.7. The summed E-state index contributed by atoms with van der Waals surface area (Å²) in [6.45, 7) is 10.2. The predicted octanol–water partition coefficient (Wildman–Crippen LogP) is 3.67. The van der Waals surface area contributed by atoms with E-state index < -0.39 is 0 Å². The molecule has 1 nitrogen and oxygen atoms in total. The van der Waals surface area contributed by atoms with Gasteiger partial charge in [-0.05, 0) is 56.3 Å². The van der Waals surface area contributed by atoms with Gasteiger partial charge in [-0.25, -0.2) is 0 Å². The van der Waals surface area contributed by atoms with Gasteiger partial charge in [0.2, 0.25) is 0 Å². The van der Waals surface area contributed by atoms with Gasteiger partial charge in [0.1, 0.15) is 0 Å². The van der Waals surface area contributed by atoms with Crippen molar-refractivity contribution in [3.8, 4) is 0 Å². The zero-order valence-corrected chi connectivity index (χ0v) is 10.9. The second-order valence-electron chi connectivity index (χ2n) is 5.20. The van der Waals surface area contributed by atoms with Crippen LogP contribution in [0.3, 0.4) is 0 Å². The quantitative estimate of drug-likeness (QED) is 0.797. The third kappa shape index (κ3) is 2.01. The van der Waals surface area contributed by atoms with Gasteiger partial charge in [0.15, 0.2) is 0 Å². The van der Waals surface area contributed by atoms with Crippen LogP contribution >= 0.6 is 0 Å². The summed E-state index contributed by atoms with van der Waals surface area (Å²) >= 11 is 0. The lowest BCUT2D eigenvalue weighted by molar-refractivity contribution is 0.446. The highest BCUT2D eigenvalue weighted by molar-refractivity contribution is 5.40. The molecule has 1 heterocycles. The maximum Gasteiger partial charge on any atom is 0.0354 e. The van der Waals surface area contributed by atoms with Crippen molar-refractivity contribution < 1.29 is 0 Å². The summed E-state index contributed by atoms with van der Waals surface area (Å²) in [5, 5.41) is 3.68. The van der Waals surface area contributed by atoms with Crippen LogP contribution in [0.25, 0.3) is 0 Å².